The molecule has 1 atom stereocenters. The third kappa shape index (κ3) is 3.22. The molecule has 3 aromatic carbocycles. The Hall–Kier alpha value is -4.06. The fourth-order valence-corrected chi connectivity index (χ4v) is 3.98. The summed E-state index contributed by atoms with van der Waals surface area (Å²) in [6, 6.07) is 22.9. The van der Waals surface area contributed by atoms with Crippen molar-refractivity contribution in [1.29, 1.82) is 0 Å². The van der Waals surface area contributed by atoms with Gasteiger partial charge in [0.15, 0.2) is 0 Å². The first-order valence-electron chi connectivity index (χ1n) is 9.95. The van der Waals surface area contributed by atoms with Crippen molar-refractivity contribution in [3.63, 3.8) is 0 Å². The average Bonchev–Trinajstić information content (AvgIpc) is 2.83. The molecule has 0 fully saturated rings. The Morgan fingerprint density at radius 1 is 0.935 bits per heavy atom. The second-order valence-electron chi connectivity index (χ2n) is 7.26. The van der Waals surface area contributed by atoms with E-state index >= 15 is 0 Å². The number of aromatic nitrogens is 1. The van der Waals surface area contributed by atoms with Crippen molar-refractivity contribution in [2.24, 2.45) is 0 Å². The zero-order chi connectivity index (χ0) is 21.4. The summed E-state index contributed by atoms with van der Waals surface area (Å²) in [5, 5.41) is 4.54. The van der Waals surface area contributed by atoms with Crippen LogP contribution in [0.4, 0.5) is 11.4 Å². The van der Waals surface area contributed by atoms with E-state index in [-0.39, 0.29) is 5.91 Å². The second kappa shape index (κ2) is 7.65. The number of fused-ring (bicyclic) bond motifs is 2. The average molecular weight is 411 g/mol. The Morgan fingerprint density at radius 3 is 2.65 bits per heavy atom. The molecule has 6 nitrogen and oxygen atoms in total. The zero-order valence-corrected chi connectivity index (χ0v) is 17.2. The number of rotatable bonds is 4. The van der Waals surface area contributed by atoms with E-state index in [0.29, 0.717) is 22.7 Å². The third-order valence-electron chi connectivity index (χ3n) is 5.52. The second-order valence-corrected chi connectivity index (χ2v) is 7.26. The molecule has 154 valence electrons. The SMILES string of the molecule is COc1ccc(N2C(=O)c3ccccc3NC2c2ccc3ncccc3c2)c(OC)c1. The summed E-state index contributed by atoms with van der Waals surface area (Å²) in [6.45, 7) is 0. The van der Waals surface area contributed by atoms with Crippen molar-refractivity contribution in [1.82, 2.24) is 4.98 Å². The molecule has 0 saturated heterocycles. The number of anilines is 2. The number of methoxy groups -OCH3 is 2. The quantitative estimate of drug-likeness (QED) is 0.511. The molecule has 1 aromatic heterocycles. The summed E-state index contributed by atoms with van der Waals surface area (Å²) in [5.41, 5.74) is 3.92. The van der Waals surface area contributed by atoms with Crippen molar-refractivity contribution in [2.75, 3.05) is 24.4 Å². The van der Waals surface area contributed by atoms with E-state index in [1.165, 1.54) is 0 Å². The van der Waals surface area contributed by atoms with Gasteiger partial charge in [0.25, 0.3) is 5.91 Å². The highest BCUT2D eigenvalue weighted by Crippen LogP contribution is 2.42. The summed E-state index contributed by atoms with van der Waals surface area (Å²) >= 11 is 0. The maximum absolute atomic E-state index is 13.7. The van der Waals surface area contributed by atoms with Crippen LogP contribution in [0.15, 0.2) is 79.0 Å². The lowest BCUT2D eigenvalue weighted by atomic mass is 10.0. The first-order valence-corrected chi connectivity index (χ1v) is 9.95. The number of carbonyl (C=O) groups excluding carboxylic acids is 1. The van der Waals surface area contributed by atoms with Gasteiger partial charge in [0, 0.05) is 23.3 Å². The topological polar surface area (TPSA) is 63.7 Å². The predicted molar refractivity (Wildman–Crippen MR) is 121 cm³/mol. The van der Waals surface area contributed by atoms with E-state index in [2.05, 4.69) is 16.4 Å². The Balaban J connectivity index is 1.69. The standard InChI is InChI=1S/C25H21N3O3/c1-30-18-10-12-22(23(15-18)31-2)28-24(27-21-8-4-3-7-19(21)25(28)29)17-9-11-20-16(14-17)6-5-13-26-20/h3-15,24,27H,1-2H3. The lowest BCUT2D eigenvalue weighted by Gasteiger charge is -2.38. The number of hydrogen-bond donors (Lipinski definition) is 1. The van der Waals surface area contributed by atoms with Gasteiger partial charge in [-0.1, -0.05) is 24.3 Å². The molecule has 6 heteroatoms. The van der Waals surface area contributed by atoms with Gasteiger partial charge in [-0.2, -0.15) is 0 Å². The molecule has 2 heterocycles. The van der Waals surface area contributed by atoms with Crippen molar-refractivity contribution in [2.45, 2.75) is 6.17 Å². The summed E-state index contributed by atoms with van der Waals surface area (Å²) in [6.07, 6.45) is 1.35. The lowest BCUT2D eigenvalue weighted by molar-refractivity contribution is 0.0974. The van der Waals surface area contributed by atoms with E-state index in [9.17, 15) is 4.79 Å². The molecule has 0 saturated carbocycles. The van der Waals surface area contributed by atoms with Gasteiger partial charge in [-0.3, -0.25) is 14.7 Å². The molecular formula is C25H21N3O3. The van der Waals surface area contributed by atoms with Gasteiger partial charge in [0.1, 0.15) is 17.7 Å². The molecule has 1 N–H and O–H groups in total. The number of para-hydroxylation sites is 1. The van der Waals surface area contributed by atoms with Gasteiger partial charge in [-0.15, -0.1) is 0 Å². The molecule has 1 aliphatic rings. The van der Waals surface area contributed by atoms with Crippen LogP contribution in [0.3, 0.4) is 0 Å². The molecule has 4 aromatic rings. The maximum atomic E-state index is 13.7. The largest absolute Gasteiger partial charge is 0.497 e. The highest BCUT2D eigenvalue weighted by Gasteiger charge is 2.35. The Labute approximate surface area is 180 Å². The van der Waals surface area contributed by atoms with Gasteiger partial charge in [0.2, 0.25) is 0 Å². The van der Waals surface area contributed by atoms with Crippen LogP contribution in [0.2, 0.25) is 0 Å². The lowest BCUT2D eigenvalue weighted by Crippen LogP contribution is -2.43. The minimum Gasteiger partial charge on any atom is -0.497 e. The van der Waals surface area contributed by atoms with E-state index in [0.717, 1.165) is 22.2 Å². The van der Waals surface area contributed by atoms with E-state index in [1.807, 2.05) is 60.7 Å². The van der Waals surface area contributed by atoms with E-state index < -0.39 is 6.17 Å². The fourth-order valence-electron chi connectivity index (χ4n) is 3.98. The number of carbonyl (C=O) groups is 1. The van der Waals surface area contributed by atoms with Gasteiger partial charge < -0.3 is 14.8 Å². The minimum atomic E-state index is -0.422. The normalized spacial score (nSPS) is 15.4. The molecule has 0 bridgehead atoms. The van der Waals surface area contributed by atoms with Crippen molar-refractivity contribution in [3.8, 4) is 11.5 Å². The number of ether oxygens (including phenoxy) is 2. The van der Waals surface area contributed by atoms with Crippen LogP contribution in [-0.4, -0.2) is 25.1 Å². The van der Waals surface area contributed by atoms with Crippen LogP contribution in [0.5, 0.6) is 11.5 Å². The summed E-state index contributed by atoms with van der Waals surface area (Å²) in [4.78, 5) is 19.8. The van der Waals surface area contributed by atoms with Gasteiger partial charge in [-0.05, 0) is 48.0 Å². The van der Waals surface area contributed by atoms with Crippen LogP contribution >= 0.6 is 0 Å². The van der Waals surface area contributed by atoms with Crippen molar-refractivity contribution < 1.29 is 14.3 Å². The fraction of sp³-hybridized carbons (Fsp3) is 0.120. The molecular weight excluding hydrogens is 390 g/mol. The summed E-state index contributed by atoms with van der Waals surface area (Å²) in [7, 11) is 3.19. The first kappa shape index (κ1) is 18.9. The number of amides is 1. The highest BCUT2D eigenvalue weighted by atomic mass is 16.5. The van der Waals surface area contributed by atoms with E-state index in [1.54, 1.807) is 31.4 Å². The maximum Gasteiger partial charge on any atom is 0.262 e. The molecule has 5 rings (SSSR count). The first-order chi connectivity index (χ1) is 15.2. The molecule has 1 unspecified atom stereocenters. The van der Waals surface area contributed by atoms with Gasteiger partial charge in [0.05, 0.1) is 31.0 Å². The van der Waals surface area contributed by atoms with Crippen LogP contribution in [0.25, 0.3) is 10.9 Å². The molecule has 0 radical (unpaired) electrons. The van der Waals surface area contributed by atoms with Crippen molar-refractivity contribution >= 4 is 28.2 Å². The van der Waals surface area contributed by atoms with Crippen molar-refractivity contribution in [3.05, 3.63) is 90.1 Å². The number of nitrogens with zero attached hydrogens (tertiary/aromatic N) is 2. The number of nitrogens with one attached hydrogen (secondary N) is 1. The molecule has 0 aliphatic carbocycles. The molecule has 0 spiro atoms. The molecule has 1 amide bonds. The summed E-state index contributed by atoms with van der Waals surface area (Å²) < 4.78 is 11.0. The minimum absolute atomic E-state index is 0.103. The Kier molecular flexibility index (Phi) is 4.67. The zero-order valence-electron chi connectivity index (χ0n) is 17.2. The van der Waals surface area contributed by atoms with Gasteiger partial charge >= 0.3 is 0 Å². The Bertz CT molecular complexity index is 1290. The molecule has 1 aliphatic heterocycles. The Morgan fingerprint density at radius 2 is 1.81 bits per heavy atom. The monoisotopic (exact) mass is 411 g/mol. The van der Waals surface area contributed by atoms with Crippen LogP contribution in [-0.2, 0) is 0 Å². The van der Waals surface area contributed by atoms with E-state index in [4.69, 9.17) is 9.47 Å². The highest BCUT2D eigenvalue weighted by molar-refractivity contribution is 6.12. The number of hydrogen-bond acceptors (Lipinski definition) is 5. The molecule has 31 heavy (non-hydrogen) atoms. The smallest absolute Gasteiger partial charge is 0.262 e. The van der Waals surface area contributed by atoms with Crippen LogP contribution in [0.1, 0.15) is 22.1 Å². The van der Waals surface area contributed by atoms with Gasteiger partial charge in [-0.25, -0.2) is 0 Å². The number of pyridine rings is 1. The van der Waals surface area contributed by atoms with Crippen LogP contribution in [0, 0.1) is 0 Å². The predicted octanol–water partition coefficient (Wildman–Crippen LogP) is 5.02. The van der Waals surface area contributed by atoms with Crippen LogP contribution < -0.4 is 19.7 Å². The third-order valence-corrected chi connectivity index (χ3v) is 5.52. The summed E-state index contributed by atoms with van der Waals surface area (Å²) in [5.74, 6) is 1.11. The number of benzene rings is 3.